The number of halogens is 1. The lowest BCUT2D eigenvalue weighted by Gasteiger charge is -2.16. The number of benzene rings is 1. The molecule has 0 aliphatic rings. The van der Waals surface area contributed by atoms with Crippen LogP contribution in [0, 0.1) is 10.1 Å². The highest BCUT2D eigenvalue weighted by Crippen LogP contribution is 2.27. The maximum absolute atomic E-state index is 11.6. The summed E-state index contributed by atoms with van der Waals surface area (Å²) < 4.78 is 10.8. The van der Waals surface area contributed by atoms with Crippen LogP contribution in [0.4, 0.5) is 5.69 Å². The van der Waals surface area contributed by atoms with Crippen molar-refractivity contribution >= 4 is 27.6 Å². The number of ether oxygens (including phenoxy) is 2. The second-order valence-electron chi connectivity index (χ2n) is 3.67. The van der Waals surface area contributed by atoms with Gasteiger partial charge in [-0.05, 0) is 19.4 Å². The molecule has 0 aliphatic carbocycles. The summed E-state index contributed by atoms with van der Waals surface area (Å²) in [4.78, 5) is 21.8. The van der Waals surface area contributed by atoms with Gasteiger partial charge in [0.25, 0.3) is 5.69 Å². The van der Waals surface area contributed by atoms with E-state index in [2.05, 4.69) is 15.9 Å². The smallest absolute Gasteiger partial charge is 0.347 e. The number of carbonyl (C=O) groups excluding carboxylic acids is 1. The van der Waals surface area contributed by atoms with Gasteiger partial charge in [-0.1, -0.05) is 22.9 Å². The number of nitrogens with zero attached hydrogens (tertiary/aromatic N) is 1. The number of non-ortho nitro benzene ring substituents is 1. The summed E-state index contributed by atoms with van der Waals surface area (Å²) in [5.74, 6) is -0.228. The summed E-state index contributed by atoms with van der Waals surface area (Å²) in [6.07, 6.45) is -0.354. The van der Waals surface area contributed by atoms with Gasteiger partial charge in [-0.25, -0.2) is 4.79 Å². The number of esters is 1. The van der Waals surface area contributed by atoms with E-state index in [1.807, 2.05) is 0 Å². The predicted molar refractivity (Wildman–Crippen MR) is 72.1 cm³/mol. The number of hydrogen-bond donors (Lipinski definition) is 0. The van der Waals surface area contributed by atoms with Crippen molar-refractivity contribution in [1.82, 2.24) is 0 Å². The average molecular weight is 332 g/mol. The molecule has 1 aromatic carbocycles. The molecule has 7 heteroatoms. The third-order valence-corrected chi connectivity index (χ3v) is 2.72. The van der Waals surface area contributed by atoms with Gasteiger partial charge in [0.05, 0.1) is 17.6 Å². The molecule has 1 aromatic rings. The summed E-state index contributed by atoms with van der Waals surface area (Å²) in [5.41, 5.74) is -0.108. The van der Waals surface area contributed by atoms with Gasteiger partial charge in [-0.15, -0.1) is 0 Å². The zero-order valence-corrected chi connectivity index (χ0v) is 12.2. The topological polar surface area (TPSA) is 78.7 Å². The van der Waals surface area contributed by atoms with Crippen molar-refractivity contribution in [2.75, 3.05) is 6.61 Å². The molecule has 0 aliphatic heterocycles. The number of hydrogen-bond acceptors (Lipinski definition) is 5. The Labute approximate surface area is 119 Å². The first-order valence-corrected chi connectivity index (χ1v) is 6.55. The third kappa shape index (κ3) is 4.51. The van der Waals surface area contributed by atoms with Crippen LogP contribution in [0.1, 0.15) is 20.3 Å². The fraction of sp³-hybridized carbons (Fsp3) is 0.417. The molecule has 0 radical (unpaired) electrons. The zero-order chi connectivity index (χ0) is 14.4. The van der Waals surface area contributed by atoms with Gasteiger partial charge in [0.1, 0.15) is 5.75 Å². The zero-order valence-electron chi connectivity index (χ0n) is 10.6. The fourth-order valence-corrected chi connectivity index (χ4v) is 1.88. The predicted octanol–water partition coefficient (Wildman–Crippen LogP) is 3.08. The SMILES string of the molecule is CCOC(=O)C(CC)Oc1cc(Br)cc([N+](=O)[O-])c1. The molecule has 0 saturated heterocycles. The molecule has 19 heavy (non-hydrogen) atoms. The lowest BCUT2D eigenvalue weighted by molar-refractivity contribution is -0.385. The third-order valence-electron chi connectivity index (χ3n) is 2.27. The Morgan fingerprint density at radius 1 is 1.42 bits per heavy atom. The summed E-state index contributed by atoms with van der Waals surface area (Å²) in [6.45, 7) is 3.74. The maximum Gasteiger partial charge on any atom is 0.347 e. The molecule has 0 heterocycles. The molecule has 0 spiro atoms. The van der Waals surface area contributed by atoms with Crippen molar-refractivity contribution in [3.63, 3.8) is 0 Å². The van der Waals surface area contributed by atoms with E-state index >= 15 is 0 Å². The van der Waals surface area contributed by atoms with Gasteiger partial charge in [-0.3, -0.25) is 10.1 Å². The number of nitro groups is 1. The normalized spacial score (nSPS) is 11.7. The molecule has 0 fully saturated rings. The van der Waals surface area contributed by atoms with Crippen molar-refractivity contribution in [1.29, 1.82) is 0 Å². The van der Waals surface area contributed by atoms with Crippen molar-refractivity contribution < 1.29 is 19.2 Å². The van der Waals surface area contributed by atoms with Crippen molar-refractivity contribution in [2.45, 2.75) is 26.4 Å². The van der Waals surface area contributed by atoms with E-state index in [-0.39, 0.29) is 18.0 Å². The van der Waals surface area contributed by atoms with Gasteiger partial charge in [0.15, 0.2) is 6.10 Å². The van der Waals surface area contributed by atoms with Crippen LogP contribution in [0.5, 0.6) is 5.75 Å². The molecule has 0 aromatic heterocycles. The van der Waals surface area contributed by atoms with Crippen molar-refractivity contribution in [2.24, 2.45) is 0 Å². The van der Waals surface area contributed by atoms with Crippen LogP contribution in [-0.2, 0) is 9.53 Å². The van der Waals surface area contributed by atoms with E-state index in [1.165, 1.54) is 12.1 Å². The largest absolute Gasteiger partial charge is 0.478 e. The van der Waals surface area contributed by atoms with E-state index in [9.17, 15) is 14.9 Å². The van der Waals surface area contributed by atoms with Crippen LogP contribution in [0.3, 0.4) is 0 Å². The first-order valence-electron chi connectivity index (χ1n) is 5.76. The van der Waals surface area contributed by atoms with E-state index < -0.39 is 17.0 Å². The maximum atomic E-state index is 11.6. The number of carbonyl (C=O) groups is 1. The first-order chi connectivity index (χ1) is 8.97. The van der Waals surface area contributed by atoms with Crippen LogP contribution in [-0.4, -0.2) is 23.6 Å². The van der Waals surface area contributed by atoms with Crippen LogP contribution in [0.15, 0.2) is 22.7 Å². The average Bonchev–Trinajstić information content (AvgIpc) is 2.35. The molecule has 0 bridgehead atoms. The molecular weight excluding hydrogens is 318 g/mol. The number of rotatable bonds is 6. The Morgan fingerprint density at radius 3 is 2.63 bits per heavy atom. The van der Waals surface area contributed by atoms with Gasteiger partial charge in [-0.2, -0.15) is 0 Å². The molecule has 1 unspecified atom stereocenters. The minimum atomic E-state index is -0.770. The van der Waals surface area contributed by atoms with Gasteiger partial charge in [0, 0.05) is 10.5 Å². The summed E-state index contributed by atoms with van der Waals surface area (Å²) in [7, 11) is 0. The lowest BCUT2D eigenvalue weighted by Crippen LogP contribution is -2.28. The summed E-state index contributed by atoms with van der Waals surface area (Å²) in [5, 5.41) is 10.7. The second kappa shape index (κ2) is 7.08. The van der Waals surface area contributed by atoms with Gasteiger partial charge < -0.3 is 9.47 Å². The van der Waals surface area contributed by atoms with E-state index in [0.29, 0.717) is 10.9 Å². The fourth-order valence-electron chi connectivity index (χ4n) is 1.42. The Morgan fingerprint density at radius 2 is 2.11 bits per heavy atom. The van der Waals surface area contributed by atoms with Crippen molar-refractivity contribution in [3.8, 4) is 5.75 Å². The first kappa shape index (κ1) is 15.4. The Hall–Kier alpha value is -1.63. The highest BCUT2D eigenvalue weighted by atomic mass is 79.9. The molecule has 104 valence electrons. The lowest BCUT2D eigenvalue weighted by atomic mass is 10.2. The minimum Gasteiger partial charge on any atom is -0.478 e. The molecule has 0 N–H and O–H groups in total. The molecular formula is C12H14BrNO5. The highest BCUT2D eigenvalue weighted by Gasteiger charge is 2.21. The van der Waals surface area contributed by atoms with Crippen LogP contribution < -0.4 is 4.74 Å². The number of nitro benzene ring substituents is 1. The van der Waals surface area contributed by atoms with Crippen LogP contribution in [0.25, 0.3) is 0 Å². The molecule has 6 nitrogen and oxygen atoms in total. The van der Waals surface area contributed by atoms with Crippen LogP contribution >= 0.6 is 15.9 Å². The molecule has 1 atom stereocenters. The Balaban J connectivity index is 2.91. The minimum absolute atomic E-state index is 0.108. The Kier molecular flexibility index (Phi) is 5.75. The van der Waals surface area contributed by atoms with Crippen LogP contribution in [0.2, 0.25) is 0 Å². The summed E-state index contributed by atoms with van der Waals surface area (Å²) >= 11 is 3.16. The molecule has 0 amide bonds. The standard InChI is InChI=1S/C12H14BrNO5/c1-3-11(12(15)18-4-2)19-10-6-8(13)5-9(7-10)14(16)17/h5-7,11H,3-4H2,1-2H3. The van der Waals surface area contributed by atoms with Crippen molar-refractivity contribution in [3.05, 3.63) is 32.8 Å². The quantitative estimate of drug-likeness (QED) is 0.454. The monoisotopic (exact) mass is 331 g/mol. The molecule has 0 saturated carbocycles. The second-order valence-corrected chi connectivity index (χ2v) is 4.58. The highest BCUT2D eigenvalue weighted by molar-refractivity contribution is 9.10. The Bertz CT molecular complexity index is 477. The van der Waals surface area contributed by atoms with E-state index in [4.69, 9.17) is 9.47 Å². The molecule has 1 rings (SSSR count). The van der Waals surface area contributed by atoms with Gasteiger partial charge >= 0.3 is 5.97 Å². The van der Waals surface area contributed by atoms with E-state index in [1.54, 1.807) is 19.9 Å². The van der Waals surface area contributed by atoms with Gasteiger partial charge in [0.2, 0.25) is 0 Å². The van der Waals surface area contributed by atoms with E-state index in [0.717, 1.165) is 0 Å². The summed E-state index contributed by atoms with van der Waals surface area (Å²) in [6, 6.07) is 4.19.